The molecule has 0 fully saturated rings. The molecule has 10 N–H and O–H groups in total. The zero-order valence-electron chi connectivity index (χ0n) is 34.4. The second kappa shape index (κ2) is 21.1. The highest BCUT2D eigenvalue weighted by atomic mass is 19.1. The Labute approximate surface area is 339 Å². The summed E-state index contributed by atoms with van der Waals surface area (Å²) in [7, 11) is 2.79. The number of anilines is 2. The van der Waals surface area contributed by atoms with Gasteiger partial charge in [0, 0.05) is 70.6 Å². The van der Waals surface area contributed by atoms with Crippen molar-refractivity contribution in [1.29, 1.82) is 0 Å². The zero-order valence-corrected chi connectivity index (χ0v) is 34.4. The van der Waals surface area contributed by atoms with Crippen molar-refractivity contribution in [2.24, 2.45) is 11.5 Å². The van der Waals surface area contributed by atoms with Crippen LogP contribution in [0.25, 0.3) is 0 Å². The number of nitrogen functional groups attached to an aromatic ring is 2. The van der Waals surface area contributed by atoms with Crippen LogP contribution in [0.5, 0.6) is 11.5 Å². The summed E-state index contributed by atoms with van der Waals surface area (Å²) in [6.07, 6.45) is 1.37. The second-order valence-electron chi connectivity index (χ2n) is 14.3. The molecule has 0 saturated carbocycles. The van der Waals surface area contributed by atoms with Crippen molar-refractivity contribution in [3.63, 3.8) is 0 Å². The van der Waals surface area contributed by atoms with Gasteiger partial charge in [-0.2, -0.15) is 0 Å². The Hall–Kier alpha value is -5.86. The lowest BCUT2D eigenvalue weighted by atomic mass is 9.94. The van der Waals surface area contributed by atoms with Gasteiger partial charge in [0.05, 0.1) is 14.2 Å². The molecule has 0 aliphatic carbocycles. The van der Waals surface area contributed by atoms with Crippen LogP contribution in [0.2, 0.25) is 0 Å². The Balaban J connectivity index is 0.000000310. The second-order valence-corrected chi connectivity index (χ2v) is 14.3. The van der Waals surface area contributed by atoms with Gasteiger partial charge in [-0.25, -0.2) is 8.78 Å². The highest BCUT2D eigenvalue weighted by Gasteiger charge is 2.28. The fourth-order valence-corrected chi connectivity index (χ4v) is 6.64. The van der Waals surface area contributed by atoms with Gasteiger partial charge in [-0.3, -0.25) is 19.2 Å². The first-order valence-corrected chi connectivity index (χ1v) is 19.0. The number of hydrogen-bond donors (Lipinski definition) is 6. The number of carbonyl (C=O) groups excluding carboxylic acids is 4. The molecule has 4 rings (SSSR count). The van der Waals surface area contributed by atoms with Gasteiger partial charge in [0.25, 0.3) is 0 Å². The third kappa shape index (κ3) is 11.6. The molecule has 2 amide bonds. The van der Waals surface area contributed by atoms with Gasteiger partial charge >= 0.3 is 0 Å². The van der Waals surface area contributed by atoms with Crippen molar-refractivity contribution < 1.29 is 37.4 Å². The van der Waals surface area contributed by atoms with E-state index < -0.39 is 47.1 Å². The molecule has 58 heavy (non-hydrogen) atoms. The summed E-state index contributed by atoms with van der Waals surface area (Å²) in [6, 6.07) is 14.7. The van der Waals surface area contributed by atoms with Gasteiger partial charge in [0.2, 0.25) is 11.8 Å². The third-order valence-electron chi connectivity index (χ3n) is 9.78. The minimum atomic E-state index is -0.644. The number of methoxy groups -OCH3 is 2. The average molecular weight is 803 g/mol. The molecule has 0 bridgehead atoms. The molecule has 0 aromatic heterocycles. The normalized spacial score (nSPS) is 13.0. The van der Waals surface area contributed by atoms with Crippen LogP contribution < -0.4 is 43.0 Å². The molecule has 14 heteroatoms. The Kier molecular flexibility index (Phi) is 16.9. The largest absolute Gasteiger partial charge is 0.496 e. The lowest BCUT2D eigenvalue weighted by Crippen LogP contribution is -2.34. The topological polar surface area (TPSA) is 215 Å². The van der Waals surface area contributed by atoms with Gasteiger partial charge < -0.3 is 43.0 Å². The number of primary amides is 2. The van der Waals surface area contributed by atoms with Crippen molar-refractivity contribution in [2.45, 2.75) is 91.4 Å². The number of nitrogens with one attached hydrogen (secondary N) is 2. The van der Waals surface area contributed by atoms with E-state index in [0.29, 0.717) is 46.5 Å². The van der Waals surface area contributed by atoms with Crippen LogP contribution in [0, 0.1) is 25.5 Å². The number of benzene rings is 4. The molecule has 0 spiro atoms. The number of carbonyl (C=O) groups is 4. The minimum absolute atomic E-state index is 0.128. The molecule has 0 saturated heterocycles. The summed E-state index contributed by atoms with van der Waals surface area (Å²) in [5.74, 6) is -2.82. The molecule has 4 atom stereocenters. The van der Waals surface area contributed by atoms with Crippen LogP contribution >= 0.6 is 0 Å². The van der Waals surface area contributed by atoms with Crippen molar-refractivity contribution >= 4 is 34.8 Å². The highest BCUT2D eigenvalue weighted by molar-refractivity contribution is 6.12. The SMILES string of the molecule is CC[C@@H](N[C@@H](C)CC(N)=O)c1ccc(OC)c(C(=O)c2ccc(N)c(C)c2)c1F.CC[C@@H](N[C@H](C)CC(N)=O)c1ccc(OC)c(C(=O)c2ccc(N)c(C)c2)c1F. The number of nitrogens with two attached hydrogens (primary N) is 4. The van der Waals surface area contributed by atoms with Crippen LogP contribution in [-0.2, 0) is 9.59 Å². The van der Waals surface area contributed by atoms with Gasteiger partial charge in [-0.1, -0.05) is 26.0 Å². The lowest BCUT2D eigenvalue weighted by molar-refractivity contribution is -0.119. The Morgan fingerprint density at radius 3 is 1.24 bits per heavy atom. The van der Waals surface area contributed by atoms with E-state index >= 15 is 8.78 Å². The first kappa shape index (κ1) is 46.5. The summed E-state index contributed by atoms with van der Waals surface area (Å²) in [6.45, 7) is 11.0. The van der Waals surface area contributed by atoms with Crippen LogP contribution in [0.1, 0.15) is 120 Å². The van der Waals surface area contributed by atoms with E-state index in [1.807, 2.05) is 13.8 Å². The van der Waals surface area contributed by atoms with Crippen molar-refractivity contribution in [1.82, 2.24) is 10.6 Å². The number of amides is 2. The number of aryl methyl sites for hydroxylation is 2. The van der Waals surface area contributed by atoms with E-state index in [1.54, 1.807) is 88.4 Å². The number of ketones is 2. The average Bonchev–Trinajstić information content (AvgIpc) is 3.17. The first-order chi connectivity index (χ1) is 27.4. The molecule has 312 valence electrons. The maximum atomic E-state index is 15.5. The molecule has 12 nitrogen and oxygen atoms in total. The quantitative estimate of drug-likeness (QED) is 0.0473. The first-order valence-electron chi connectivity index (χ1n) is 19.0. The summed E-state index contributed by atoms with van der Waals surface area (Å²) in [4.78, 5) is 48.5. The monoisotopic (exact) mass is 802 g/mol. The van der Waals surface area contributed by atoms with E-state index in [-0.39, 0.29) is 47.6 Å². The van der Waals surface area contributed by atoms with Crippen LogP contribution in [0.3, 0.4) is 0 Å². The molecule has 0 aliphatic rings. The standard InChI is InChI=1S/2C22H28FN3O3/c2*1-5-17(26-13(3)11-19(25)27)15-7-9-18(29-4)20(21(15)23)22(28)14-6-8-16(24)12(2)10-14/h2*6-10,13,17,26H,5,11,24H2,1-4H3,(H2,25,27)/t13-,17+;13-,17-/m01/s1. The number of ether oxygens (including phenoxy) is 2. The predicted octanol–water partition coefficient (Wildman–Crippen LogP) is 6.52. The summed E-state index contributed by atoms with van der Waals surface area (Å²) in [5, 5.41) is 6.41. The molecule has 4 aromatic rings. The van der Waals surface area contributed by atoms with Gasteiger partial charge in [0.15, 0.2) is 11.6 Å². The maximum Gasteiger partial charge on any atom is 0.218 e. The molecule has 0 heterocycles. The van der Waals surface area contributed by atoms with Gasteiger partial charge in [-0.05, 0) is 100 Å². The Morgan fingerprint density at radius 1 is 0.621 bits per heavy atom. The Bertz CT molecular complexity index is 1980. The Morgan fingerprint density at radius 2 is 0.966 bits per heavy atom. The van der Waals surface area contributed by atoms with Crippen molar-refractivity contribution in [3.8, 4) is 11.5 Å². The molecular formula is C44H56F2N6O6. The zero-order chi connectivity index (χ0) is 43.4. The van der Waals surface area contributed by atoms with Crippen molar-refractivity contribution in [2.75, 3.05) is 25.7 Å². The third-order valence-corrected chi connectivity index (χ3v) is 9.78. The fourth-order valence-electron chi connectivity index (χ4n) is 6.64. The number of hydrogen-bond acceptors (Lipinski definition) is 10. The summed E-state index contributed by atoms with van der Waals surface area (Å²) in [5.41, 5.74) is 25.8. The van der Waals surface area contributed by atoms with E-state index in [0.717, 1.165) is 11.1 Å². The van der Waals surface area contributed by atoms with E-state index in [4.69, 9.17) is 32.4 Å². The predicted molar refractivity (Wildman–Crippen MR) is 223 cm³/mol. The number of halogens is 2. The van der Waals surface area contributed by atoms with Crippen molar-refractivity contribution in [3.05, 3.63) is 117 Å². The highest BCUT2D eigenvalue weighted by Crippen LogP contribution is 2.33. The molecule has 0 aliphatic heterocycles. The fraction of sp³-hybridized carbons (Fsp3) is 0.364. The van der Waals surface area contributed by atoms with E-state index in [1.165, 1.54) is 14.2 Å². The minimum Gasteiger partial charge on any atom is -0.496 e. The van der Waals surface area contributed by atoms with Gasteiger partial charge in [-0.15, -0.1) is 0 Å². The van der Waals surface area contributed by atoms with E-state index in [9.17, 15) is 19.2 Å². The van der Waals surface area contributed by atoms with Crippen LogP contribution in [0.15, 0.2) is 60.7 Å². The molecular weight excluding hydrogens is 747 g/mol. The summed E-state index contributed by atoms with van der Waals surface area (Å²) < 4.78 is 41.6. The van der Waals surface area contributed by atoms with E-state index in [2.05, 4.69) is 10.6 Å². The summed E-state index contributed by atoms with van der Waals surface area (Å²) >= 11 is 0. The van der Waals surface area contributed by atoms with Crippen LogP contribution in [-0.4, -0.2) is 49.7 Å². The van der Waals surface area contributed by atoms with Crippen LogP contribution in [0.4, 0.5) is 20.2 Å². The lowest BCUT2D eigenvalue weighted by Gasteiger charge is -2.24. The molecule has 0 unspecified atom stereocenters. The molecule has 0 radical (unpaired) electrons. The van der Waals surface area contributed by atoms with Gasteiger partial charge in [0.1, 0.15) is 34.3 Å². The molecule has 4 aromatic carbocycles. The smallest absolute Gasteiger partial charge is 0.218 e. The maximum absolute atomic E-state index is 15.5. The number of rotatable bonds is 18.